The monoisotopic (exact) mass is 422 g/mol. The third-order valence-corrected chi connectivity index (χ3v) is 5.22. The van der Waals surface area contributed by atoms with E-state index in [9.17, 15) is 9.59 Å². The zero-order chi connectivity index (χ0) is 21.3. The highest BCUT2D eigenvalue weighted by Crippen LogP contribution is 2.36. The number of carbonyl (C=O) groups is 1. The Kier molecular flexibility index (Phi) is 5.33. The van der Waals surface area contributed by atoms with E-state index in [0.717, 1.165) is 0 Å². The summed E-state index contributed by atoms with van der Waals surface area (Å²) in [5.74, 6) is 0.562. The fraction of sp³-hybridized carbons (Fsp3) is 0.130. The van der Waals surface area contributed by atoms with Gasteiger partial charge in [0.2, 0.25) is 5.91 Å². The number of aromatic nitrogens is 1. The van der Waals surface area contributed by atoms with Crippen molar-refractivity contribution < 1.29 is 14.3 Å². The van der Waals surface area contributed by atoms with Crippen LogP contribution in [0.25, 0.3) is 21.8 Å². The highest BCUT2D eigenvalue weighted by Gasteiger charge is 2.16. The van der Waals surface area contributed by atoms with Crippen LogP contribution >= 0.6 is 11.6 Å². The number of anilines is 1. The van der Waals surface area contributed by atoms with E-state index in [0.29, 0.717) is 44.0 Å². The molecule has 1 amide bonds. The second-order valence-electron chi connectivity index (χ2n) is 6.68. The van der Waals surface area contributed by atoms with Gasteiger partial charge < -0.3 is 19.4 Å². The van der Waals surface area contributed by atoms with Crippen molar-refractivity contribution in [1.82, 2.24) is 4.57 Å². The van der Waals surface area contributed by atoms with E-state index in [2.05, 4.69) is 5.32 Å². The molecule has 0 aliphatic heterocycles. The number of fused-ring (bicyclic) bond motifs is 2. The molecule has 4 rings (SSSR count). The number of benzene rings is 3. The summed E-state index contributed by atoms with van der Waals surface area (Å²) in [7, 11) is 2.99. The molecule has 7 heteroatoms. The van der Waals surface area contributed by atoms with Crippen molar-refractivity contribution in [3.05, 3.63) is 75.9 Å². The predicted octanol–water partition coefficient (Wildman–Crippen LogP) is 4.46. The first-order valence-corrected chi connectivity index (χ1v) is 9.63. The van der Waals surface area contributed by atoms with Crippen LogP contribution in [0.5, 0.6) is 11.5 Å². The van der Waals surface area contributed by atoms with Gasteiger partial charge in [-0.2, -0.15) is 0 Å². The molecule has 1 N–H and O–H groups in total. The summed E-state index contributed by atoms with van der Waals surface area (Å²) in [6, 6.07) is 17.7. The van der Waals surface area contributed by atoms with Crippen LogP contribution in [-0.4, -0.2) is 24.7 Å². The van der Waals surface area contributed by atoms with Crippen molar-refractivity contribution in [3.63, 3.8) is 0 Å². The lowest BCUT2D eigenvalue weighted by Gasteiger charge is -2.16. The summed E-state index contributed by atoms with van der Waals surface area (Å²) in [6.07, 6.45) is 0. The lowest BCUT2D eigenvalue weighted by atomic mass is 10.1. The molecule has 0 atom stereocenters. The van der Waals surface area contributed by atoms with Gasteiger partial charge in [-0.25, -0.2) is 0 Å². The molecular formula is C23H19ClN2O4. The third kappa shape index (κ3) is 3.46. The van der Waals surface area contributed by atoms with Crippen LogP contribution in [0.15, 0.2) is 65.5 Å². The molecule has 0 saturated carbocycles. The topological polar surface area (TPSA) is 69.6 Å². The maximum atomic E-state index is 13.0. The van der Waals surface area contributed by atoms with Gasteiger partial charge in [-0.05, 0) is 24.3 Å². The van der Waals surface area contributed by atoms with E-state index in [1.807, 2.05) is 41.0 Å². The first kappa shape index (κ1) is 19.8. The number of amides is 1. The van der Waals surface area contributed by atoms with E-state index >= 15 is 0 Å². The maximum Gasteiger partial charge on any atom is 0.244 e. The van der Waals surface area contributed by atoms with Gasteiger partial charge in [-0.15, -0.1) is 0 Å². The highest BCUT2D eigenvalue weighted by atomic mass is 35.5. The normalized spacial score (nSPS) is 10.9. The Morgan fingerprint density at radius 3 is 2.07 bits per heavy atom. The van der Waals surface area contributed by atoms with Gasteiger partial charge in [0, 0.05) is 22.9 Å². The van der Waals surface area contributed by atoms with Crippen molar-refractivity contribution in [2.75, 3.05) is 19.5 Å². The lowest BCUT2D eigenvalue weighted by Crippen LogP contribution is -2.21. The van der Waals surface area contributed by atoms with Gasteiger partial charge in [0.1, 0.15) is 18.0 Å². The summed E-state index contributed by atoms with van der Waals surface area (Å²) < 4.78 is 12.4. The number of methoxy groups -OCH3 is 2. The van der Waals surface area contributed by atoms with Gasteiger partial charge in [0.25, 0.3) is 0 Å². The number of para-hydroxylation sites is 2. The molecule has 0 bridgehead atoms. The van der Waals surface area contributed by atoms with Crippen molar-refractivity contribution in [1.29, 1.82) is 0 Å². The summed E-state index contributed by atoms with van der Waals surface area (Å²) in [5.41, 5.74) is 1.77. The first-order chi connectivity index (χ1) is 14.5. The zero-order valence-electron chi connectivity index (χ0n) is 16.4. The molecule has 0 aliphatic carbocycles. The second-order valence-corrected chi connectivity index (χ2v) is 7.09. The van der Waals surface area contributed by atoms with Crippen molar-refractivity contribution in [2.24, 2.45) is 0 Å². The van der Waals surface area contributed by atoms with Crippen molar-refractivity contribution in [2.45, 2.75) is 6.54 Å². The molecule has 1 heterocycles. The summed E-state index contributed by atoms with van der Waals surface area (Å²) >= 11 is 6.14. The summed E-state index contributed by atoms with van der Waals surface area (Å²) in [5, 5.41) is 4.36. The molecule has 0 radical (unpaired) electrons. The molecule has 1 aromatic heterocycles. The second kappa shape index (κ2) is 8.08. The molecule has 0 saturated heterocycles. The van der Waals surface area contributed by atoms with Crippen LogP contribution in [0, 0.1) is 0 Å². The number of hydrogen-bond donors (Lipinski definition) is 1. The molecule has 4 aromatic rings. The summed E-state index contributed by atoms with van der Waals surface area (Å²) in [6.45, 7) is 0.00933. The van der Waals surface area contributed by atoms with Crippen LogP contribution in [0.2, 0.25) is 5.02 Å². The molecule has 0 spiro atoms. The SMILES string of the molecule is COc1cc(NC(=O)Cn2c3ccccc3c(=O)c3ccccc32)c(OC)cc1Cl. The quantitative estimate of drug-likeness (QED) is 0.482. The number of carbonyl (C=O) groups excluding carboxylic acids is 1. The van der Waals surface area contributed by atoms with E-state index in [-0.39, 0.29) is 17.9 Å². The number of halogens is 1. The Hall–Kier alpha value is -3.51. The van der Waals surface area contributed by atoms with Gasteiger partial charge in [0.05, 0.1) is 36.0 Å². The Morgan fingerprint density at radius 1 is 0.933 bits per heavy atom. The van der Waals surface area contributed by atoms with Crippen LogP contribution < -0.4 is 20.2 Å². The smallest absolute Gasteiger partial charge is 0.244 e. The molecule has 6 nitrogen and oxygen atoms in total. The molecule has 3 aromatic carbocycles. The van der Waals surface area contributed by atoms with Gasteiger partial charge in [-0.3, -0.25) is 9.59 Å². The van der Waals surface area contributed by atoms with E-state index in [1.54, 1.807) is 24.3 Å². The predicted molar refractivity (Wildman–Crippen MR) is 119 cm³/mol. The number of nitrogens with zero attached hydrogens (tertiary/aromatic N) is 1. The number of hydrogen-bond acceptors (Lipinski definition) is 4. The van der Waals surface area contributed by atoms with Crippen LogP contribution in [0.4, 0.5) is 5.69 Å². The van der Waals surface area contributed by atoms with Gasteiger partial charge in [0.15, 0.2) is 5.43 Å². The molecule has 0 unspecified atom stereocenters. The molecule has 30 heavy (non-hydrogen) atoms. The standard InChI is InChI=1S/C23H19ClN2O4/c1-29-20-12-17(21(30-2)11-16(20)24)25-22(27)13-26-18-9-5-3-7-14(18)23(28)15-8-4-6-10-19(15)26/h3-12H,13H2,1-2H3,(H,25,27). The van der Waals surface area contributed by atoms with Gasteiger partial charge in [-0.1, -0.05) is 35.9 Å². The van der Waals surface area contributed by atoms with Crippen LogP contribution in [0.1, 0.15) is 0 Å². The Bertz CT molecular complexity index is 1270. The fourth-order valence-corrected chi connectivity index (χ4v) is 3.77. The highest BCUT2D eigenvalue weighted by molar-refractivity contribution is 6.32. The number of nitrogens with one attached hydrogen (secondary N) is 1. The molecule has 0 aliphatic rings. The van der Waals surface area contributed by atoms with Gasteiger partial charge >= 0.3 is 0 Å². The zero-order valence-corrected chi connectivity index (χ0v) is 17.2. The first-order valence-electron chi connectivity index (χ1n) is 9.25. The summed E-state index contributed by atoms with van der Waals surface area (Å²) in [4.78, 5) is 25.8. The third-order valence-electron chi connectivity index (χ3n) is 4.93. The number of rotatable bonds is 5. The van der Waals surface area contributed by atoms with E-state index in [4.69, 9.17) is 21.1 Å². The fourth-order valence-electron chi connectivity index (χ4n) is 3.54. The van der Waals surface area contributed by atoms with Crippen molar-refractivity contribution in [3.8, 4) is 11.5 Å². The minimum atomic E-state index is -0.281. The van der Waals surface area contributed by atoms with Crippen molar-refractivity contribution >= 4 is 45.0 Å². The largest absolute Gasteiger partial charge is 0.495 e. The average Bonchev–Trinajstić information content (AvgIpc) is 2.77. The average molecular weight is 423 g/mol. The van der Waals surface area contributed by atoms with Crippen LogP contribution in [-0.2, 0) is 11.3 Å². The maximum absolute atomic E-state index is 13.0. The molecule has 152 valence electrons. The molecule has 0 fully saturated rings. The van der Waals surface area contributed by atoms with Crippen LogP contribution in [0.3, 0.4) is 0 Å². The molecular weight excluding hydrogens is 404 g/mol. The minimum absolute atomic E-state index is 0.00933. The van der Waals surface area contributed by atoms with E-state index in [1.165, 1.54) is 14.2 Å². The number of ether oxygens (including phenoxy) is 2. The number of pyridine rings is 1. The Balaban J connectivity index is 1.77. The Labute approximate surface area is 177 Å². The van der Waals surface area contributed by atoms with E-state index < -0.39 is 0 Å². The Morgan fingerprint density at radius 2 is 1.50 bits per heavy atom. The minimum Gasteiger partial charge on any atom is -0.495 e. The lowest BCUT2D eigenvalue weighted by molar-refractivity contribution is -0.116.